The van der Waals surface area contributed by atoms with Crippen molar-refractivity contribution >= 4 is 5.97 Å². The number of carbonyl (C=O) groups excluding carboxylic acids is 1. The van der Waals surface area contributed by atoms with Crippen molar-refractivity contribution in [3.05, 3.63) is 29.1 Å². The van der Waals surface area contributed by atoms with E-state index in [1.54, 1.807) is 13.8 Å². The third kappa shape index (κ3) is 2.07. The summed E-state index contributed by atoms with van der Waals surface area (Å²) in [4.78, 5) is 15.2. The minimum atomic E-state index is -0.509. The Bertz CT molecular complexity index is 394. The first kappa shape index (κ1) is 10.2. The summed E-state index contributed by atoms with van der Waals surface area (Å²) in [6.07, 6.45) is 2.48. The Labute approximate surface area is 82.1 Å². The number of nitrogens with zero attached hydrogens (tertiary/aromatic N) is 2. The zero-order valence-corrected chi connectivity index (χ0v) is 8.00. The predicted molar refractivity (Wildman–Crippen MR) is 48.5 cm³/mol. The first-order chi connectivity index (χ1) is 6.69. The van der Waals surface area contributed by atoms with Crippen LogP contribution in [0.4, 0.5) is 0 Å². The van der Waals surface area contributed by atoms with Gasteiger partial charge in [-0.15, -0.1) is 0 Å². The van der Waals surface area contributed by atoms with E-state index in [2.05, 4.69) is 11.2 Å². The topological polar surface area (TPSA) is 63.0 Å². The fourth-order valence-corrected chi connectivity index (χ4v) is 0.973. The van der Waals surface area contributed by atoms with Gasteiger partial charge in [-0.1, -0.05) is 0 Å². The van der Waals surface area contributed by atoms with Crippen molar-refractivity contribution in [2.45, 2.75) is 13.8 Å². The SMILES string of the molecule is CCOC(=O)c1cc(C)n[c]c1C#N. The molecule has 0 N–H and O–H groups in total. The molecular weight excluding hydrogens is 180 g/mol. The molecule has 0 amide bonds. The van der Waals surface area contributed by atoms with E-state index in [0.29, 0.717) is 5.69 Å². The molecule has 0 aliphatic heterocycles. The number of hydrogen-bond acceptors (Lipinski definition) is 4. The van der Waals surface area contributed by atoms with E-state index in [9.17, 15) is 4.79 Å². The average Bonchev–Trinajstić information content (AvgIpc) is 2.18. The summed E-state index contributed by atoms with van der Waals surface area (Å²) < 4.78 is 4.79. The Morgan fingerprint density at radius 1 is 1.79 bits per heavy atom. The Kier molecular flexibility index (Phi) is 3.19. The van der Waals surface area contributed by atoms with Gasteiger partial charge in [0.25, 0.3) is 0 Å². The Balaban J connectivity index is 3.12. The monoisotopic (exact) mass is 189 g/mol. The van der Waals surface area contributed by atoms with Gasteiger partial charge in [-0.2, -0.15) is 5.26 Å². The summed E-state index contributed by atoms with van der Waals surface area (Å²) in [5, 5.41) is 8.70. The molecule has 0 aliphatic carbocycles. The lowest BCUT2D eigenvalue weighted by Gasteiger charge is -2.03. The molecule has 4 heteroatoms. The third-order valence-corrected chi connectivity index (χ3v) is 1.57. The molecular formula is C10H9N2O2. The van der Waals surface area contributed by atoms with Crippen LogP contribution in [0.2, 0.25) is 0 Å². The maximum atomic E-state index is 11.4. The molecule has 4 nitrogen and oxygen atoms in total. The van der Waals surface area contributed by atoms with Crippen LogP contribution in [0.1, 0.15) is 28.5 Å². The van der Waals surface area contributed by atoms with Crippen molar-refractivity contribution in [2.75, 3.05) is 6.61 Å². The molecule has 1 heterocycles. The quantitative estimate of drug-likeness (QED) is 0.656. The molecule has 0 unspecified atom stereocenters. The fraction of sp³-hybridized carbons (Fsp3) is 0.300. The lowest BCUT2D eigenvalue weighted by atomic mass is 10.1. The second-order valence-electron chi connectivity index (χ2n) is 2.63. The molecule has 14 heavy (non-hydrogen) atoms. The first-order valence-electron chi connectivity index (χ1n) is 4.15. The molecule has 0 saturated carbocycles. The van der Waals surface area contributed by atoms with Gasteiger partial charge < -0.3 is 4.74 Å². The highest BCUT2D eigenvalue weighted by Gasteiger charge is 2.13. The standard InChI is InChI=1S/C10H9N2O2/c1-3-14-10(13)9-4-7(2)12-6-8(9)5-11/h4H,3H2,1-2H3. The number of aromatic nitrogens is 1. The summed E-state index contributed by atoms with van der Waals surface area (Å²) in [6, 6.07) is 3.36. The molecule has 1 aromatic heterocycles. The molecule has 71 valence electrons. The van der Waals surface area contributed by atoms with Gasteiger partial charge in [-0.05, 0) is 19.9 Å². The van der Waals surface area contributed by atoms with Crippen LogP contribution in [0, 0.1) is 24.5 Å². The highest BCUT2D eigenvalue weighted by Crippen LogP contribution is 2.09. The Morgan fingerprint density at radius 3 is 3.07 bits per heavy atom. The number of hydrogen-bond donors (Lipinski definition) is 0. The number of aryl methyl sites for hydroxylation is 1. The van der Waals surface area contributed by atoms with E-state index >= 15 is 0 Å². The number of pyridine rings is 1. The van der Waals surface area contributed by atoms with E-state index in [4.69, 9.17) is 10.00 Å². The van der Waals surface area contributed by atoms with Gasteiger partial charge in [0.1, 0.15) is 12.3 Å². The third-order valence-electron chi connectivity index (χ3n) is 1.57. The van der Waals surface area contributed by atoms with Crippen LogP contribution in [0.25, 0.3) is 0 Å². The van der Waals surface area contributed by atoms with E-state index in [1.165, 1.54) is 6.07 Å². The molecule has 0 atom stereocenters. The number of nitriles is 1. The number of esters is 1. The Morgan fingerprint density at radius 2 is 2.50 bits per heavy atom. The van der Waals surface area contributed by atoms with Crippen molar-refractivity contribution in [3.63, 3.8) is 0 Å². The molecule has 0 fully saturated rings. The normalized spacial score (nSPS) is 9.21. The summed E-state index contributed by atoms with van der Waals surface area (Å²) in [6.45, 7) is 3.72. The fourth-order valence-electron chi connectivity index (χ4n) is 0.973. The molecule has 1 rings (SSSR count). The van der Waals surface area contributed by atoms with Crippen LogP contribution < -0.4 is 0 Å². The summed E-state index contributed by atoms with van der Waals surface area (Å²) in [5.74, 6) is -0.509. The van der Waals surface area contributed by atoms with Crippen molar-refractivity contribution in [1.29, 1.82) is 5.26 Å². The van der Waals surface area contributed by atoms with E-state index in [1.807, 2.05) is 6.07 Å². The molecule has 0 spiro atoms. The molecule has 1 radical (unpaired) electrons. The van der Waals surface area contributed by atoms with E-state index in [-0.39, 0.29) is 17.7 Å². The zero-order valence-electron chi connectivity index (χ0n) is 8.00. The first-order valence-corrected chi connectivity index (χ1v) is 4.15. The maximum Gasteiger partial charge on any atom is 0.339 e. The maximum absolute atomic E-state index is 11.4. The predicted octanol–water partition coefficient (Wildman–Crippen LogP) is 1.24. The molecule has 0 bridgehead atoms. The van der Waals surface area contributed by atoms with E-state index in [0.717, 1.165) is 0 Å². The van der Waals surface area contributed by atoms with Crippen LogP contribution >= 0.6 is 0 Å². The van der Waals surface area contributed by atoms with Gasteiger partial charge in [-0.25, -0.2) is 9.78 Å². The number of ether oxygens (including phenoxy) is 1. The second kappa shape index (κ2) is 4.38. The van der Waals surface area contributed by atoms with Crippen molar-refractivity contribution < 1.29 is 9.53 Å². The van der Waals surface area contributed by atoms with Gasteiger partial charge in [0.2, 0.25) is 0 Å². The number of rotatable bonds is 2. The summed E-state index contributed by atoms with van der Waals surface area (Å²) in [5.41, 5.74) is 0.975. The molecule has 0 aliphatic rings. The molecule has 0 saturated heterocycles. The van der Waals surface area contributed by atoms with Gasteiger partial charge in [0.15, 0.2) is 0 Å². The van der Waals surface area contributed by atoms with Crippen molar-refractivity contribution in [3.8, 4) is 6.07 Å². The van der Waals surface area contributed by atoms with Crippen LogP contribution in [-0.2, 0) is 4.74 Å². The highest BCUT2D eigenvalue weighted by molar-refractivity contribution is 5.92. The lowest BCUT2D eigenvalue weighted by molar-refractivity contribution is 0.0525. The number of carbonyl (C=O) groups is 1. The van der Waals surface area contributed by atoms with Crippen LogP contribution in [0.15, 0.2) is 6.07 Å². The minimum Gasteiger partial charge on any atom is -0.462 e. The van der Waals surface area contributed by atoms with E-state index < -0.39 is 5.97 Å². The zero-order chi connectivity index (χ0) is 10.6. The average molecular weight is 189 g/mol. The van der Waals surface area contributed by atoms with Gasteiger partial charge >= 0.3 is 5.97 Å². The summed E-state index contributed by atoms with van der Waals surface area (Å²) in [7, 11) is 0. The Hall–Kier alpha value is -1.89. The van der Waals surface area contributed by atoms with Gasteiger partial charge in [0, 0.05) is 5.69 Å². The smallest absolute Gasteiger partial charge is 0.339 e. The minimum absolute atomic E-state index is 0.119. The second-order valence-corrected chi connectivity index (χ2v) is 2.63. The van der Waals surface area contributed by atoms with Crippen LogP contribution in [0.5, 0.6) is 0 Å². The van der Waals surface area contributed by atoms with Crippen LogP contribution in [-0.4, -0.2) is 17.6 Å². The van der Waals surface area contributed by atoms with Crippen molar-refractivity contribution in [2.24, 2.45) is 0 Å². The molecule has 0 aromatic carbocycles. The van der Waals surface area contributed by atoms with Gasteiger partial charge in [0.05, 0.1) is 17.7 Å². The molecule has 1 aromatic rings. The largest absolute Gasteiger partial charge is 0.462 e. The summed E-state index contributed by atoms with van der Waals surface area (Å²) >= 11 is 0. The highest BCUT2D eigenvalue weighted by atomic mass is 16.5. The lowest BCUT2D eigenvalue weighted by Crippen LogP contribution is -2.08. The van der Waals surface area contributed by atoms with Crippen LogP contribution in [0.3, 0.4) is 0 Å². The van der Waals surface area contributed by atoms with Gasteiger partial charge in [-0.3, -0.25) is 0 Å². The van der Waals surface area contributed by atoms with Crippen molar-refractivity contribution in [1.82, 2.24) is 4.98 Å².